The smallest absolute Gasteiger partial charge is 0.287 e. The third-order valence-electron chi connectivity index (χ3n) is 6.65. The Morgan fingerprint density at radius 3 is 2.65 bits per heavy atom. The van der Waals surface area contributed by atoms with Gasteiger partial charge in [0.05, 0.1) is 24.6 Å². The molecular formula is C28H32ClN3O7S. The van der Waals surface area contributed by atoms with Gasteiger partial charge in [-0.25, -0.2) is 8.42 Å². The van der Waals surface area contributed by atoms with Crippen LogP contribution in [-0.4, -0.2) is 62.6 Å². The van der Waals surface area contributed by atoms with Gasteiger partial charge in [-0.05, 0) is 67.6 Å². The first kappa shape index (κ1) is 29.6. The molecule has 1 fully saturated rings. The molecule has 0 radical (unpaired) electrons. The molecule has 2 atom stereocenters. The van der Waals surface area contributed by atoms with E-state index in [0.717, 1.165) is 4.31 Å². The van der Waals surface area contributed by atoms with Crippen LogP contribution < -0.4 is 15.4 Å². The van der Waals surface area contributed by atoms with Crippen molar-refractivity contribution in [2.45, 2.75) is 50.1 Å². The van der Waals surface area contributed by atoms with Crippen molar-refractivity contribution in [2.75, 3.05) is 20.2 Å². The summed E-state index contributed by atoms with van der Waals surface area (Å²) in [7, 11) is -2.41. The first-order chi connectivity index (χ1) is 19.0. The second-order valence-corrected chi connectivity index (χ2v) is 12.5. The van der Waals surface area contributed by atoms with E-state index in [1.807, 2.05) is 13.8 Å². The lowest BCUT2D eigenvalue weighted by Crippen LogP contribution is -2.52. The van der Waals surface area contributed by atoms with Crippen LogP contribution >= 0.6 is 11.6 Å². The Morgan fingerprint density at radius 1 is 1.18 bits per heavy atom. The van der Waals surface area contributed by atoms with Crippen LogP contribution in [0.4, 0.5) is 0 Å². The van der Waals surface area contributed by atoms with Crippen molar-refractivity contribution < 1.29 is 32.0 Å². The number of carbonyl (C=O) groups excluding carboxylic acids is 3. The minimum Gasteiger partial charge on any atom is -0.497 e. The lowest BCUT2D eigenvalue weighted by Gasteiger charge is -2.23. The fourth-order valence-electron chi connectivity index (χ4n) is 4.60. The molecule has 12 heteroatoms. The minimum absolute atomic E-state index is 0.000901. The number of nitrogens with zero attached hydrogens (tertiary/aromatic N) is 1. The lowest BCUT2D eigenvalue weighted by molar-refractivity contribution is -0.129. The highest BCUT2D eigenvalue weighted by Crippen LogP contribution is 2.25. The molecule has 1 saturated heterocycles. The molecule has 40 heavy (non-hydrogen) atoms. The van der Waals surface area contributed by atoms with Gasteiger partial charge in [-0.1, -0.05) is 31.5 Å². The van der Waals surface area contributed by atoms with Crippen LogP contribution in [0.3, 0.4) is 0 Å². The van der Waals surface area contributed by atoms with Crippen LogP contribution in [0.5, 0.6) is 5.75 Å². The predicted molar refractivity (Wildman–Crippen MR) is 150 cm³/mol. The number of fused-ring (bicyclic) bond motifs is 1. The topological polar surface area (TPSA) is 135 Å². The van der Waals surface area contributed by atoms with E-state index in [1.54, 1.807) is 37.4 Å². The van der Waals surface area contributed by atoms with E-state index < -0.39 is 39.7 Å². The molecule has 3 aromatic rings. The fourth-order valence-corrected chi connectivity index (χ4v) is 6.34. The molecule has 2 aromatic carbocycles. The monoisotopic (exact) mass is 589 g/mol. The second-order valence-electron chi connectivity index (χ2n) is 10.1. The van der Waals surface area contributed by atoms with Gasteiger partial charge >= 0.3 is 0 Å². The second kappa shape index (κ2) is 12.4. The summed E-state index contributed by atoms with van der Waals surface area (Å²) in [6, 6.07) is 10.7. The zero-order valence-electron chi connectivity index (χ0n) is 22.5. The number of hydrogen-bond donors (Lipinski definition) is 2. The van der Waals surface area contributed by atoms with Gasteiger partial charge in [0.25, 0.3) is 5.91 Å². The van der Waals surface area contributed by atoms with Crippen LogP contribution in [0.25, 0.3) is 11.0 Å². The third kappa shape index (κ3) is 6.83. The maximum atomic E-state index is 13.3. The number of amides is 2. The predicted octanol–water partition coefficient (Wildman–Crippen LogP) is 3.78. The first-order valence-corrected chi connectivity index (χ1v) is 14.8. The van der Waals surface area contributed by atoms with Crippen molar-refractivity contribution in [1.82, 2.24) is 14.9 Å². The summed E-state index contributed by atoms with van der Waals surface area (Å²) in [6.07, 6.45) is 0.946. The Morgan fingerprint density at radius 2 is 1.95 bits per heavy atom. The van der Waals surface area contributed by atoms with Crippen LogP contribution in [-0.2, 0) is 19.6 Å². The molecule has 2 heterocycles. The molecule has 214 valence electrons. The Kier molecular flexibility index (Phi) is 9.17. The quantitative estimate of drug-likeness (QED) is 0.388. The molecule has 2 amide bonds. The van der Waals surface area contributed by atoms with E-state index in [0.29, 0.717) is 29.6 Å². The largest absolute Gasteiger partial charge is 0.497 e. The number of hydrogen-bond acceptors (Lipinski definition) is 7. The van der Waals surface area contributed by atoms with Crippen molar-refractivity contribution in [3.63, 3.8) is 0 Å². The molecule has 0 spiro atoms. The third-order valence-corrected chi connectivity index (χ3v) is 8.72. The maximum Gasteiger partial charge on any atom is 0.287 e. The molecule has 0 aliphatic carbocycles. The summed E-state index contributed by atoms with van der Waals surface area (Å²) < 4.78 is 38.2. The average molecular weight is 590 g/mol. The van der Waals surface area contributed by atoms with Crippen molar-refractivity contribution >= 4 is 50.2 Å². The van der Waals surface area contributed by atoms with Crippen LogP contribution in [0.2, 0.25) is 5.02 Å². The van der Waals surface area contributed by atoms with E-state index >= 15 is 0 Å². The SMILES string of the molecule is COc1ccc2oc(C(=O)NC(CC(C)C)C(=O)N[C@H]3CCCN(S(=O)(=O)c4cccc(Cl)c4)CC3=O)cc2c1. The molecule has 4 rings (SSSR count). The van der Waals surface area contributed by atoms with Gasteiger partial charge in [-0.3, -0.25) is 14.4 Å². The number of Topliss-reactive ketones (excluding diaryl/α,β-unsaturated/α-hetero) is 1. The molecule has 1 aliphatic heterocycles. The molecule has 0 saturated carbocycles. The average Bonchev–Trinajstić information content (AvgIpc) is 3.25. The number of nitrogens with one attached hydrogen (secondary N) is 2. The van der Waals surface area contributed by atoms with Crippen molar-refractivity contribution in [1.29, 1.82) is 0 Å². The van der Waals surface area contributed by atoms with Gasteiger partial charge in [0, 0.05) is 17.0 Å². The number of benzene rings is 2. The van der Waals surface area contributed by atoms with E-state index in [9.17, 15) is 22.8 Å². The summed E-state index contributed by atoms with van der Waals surface area (Å²) in [5.41, 5.74) is 0.497. The number of ether oxygens (including phenoxy) is 1. The Labute approximate surface area is 238 Å². The summed E-state index contributed by atoms with van der Waals surface area (Å²) >= 11 is 5.97. The zero-order valence-corrected chi connectivity index (χ0v) is 24.0. The summed E-state index contributed by atoms with van der Waals surface area (Å²) in [6.45, 7) is 3.56. The Balaban J connectivity index is 1.45. The highest BCUT2D eigenvalue weighted by Gasteiger charge is 2.34. The van der Waals surface area contributed by atoms with Crippen molar-refractivity contribution in [2.24, 2.45) is 5.92 Å². The van der Waals surface area contributed by atoms with E-state index in [2.05, 4.69) is 10.6 Å². The Bertz CT molecular complexity index is 1520. The molecular weight excluding hydrogens is 558 g/mol. The number of methoxy groups -OCH3 is 1. The lowest BCUT2D eigenvalue weighted by atomic mass is 10.0. The summed E-state index contributed by atoms with van der Waals surface area (Å²) in [5.74, 6) is -0.815. The molecule has 10 nitrogen and oxygen atoms in total. The van der Waals surface area contributed by atoms with Gasteiger partial charge < -0.3 is 19.8 Å². The van der Waals surface area contributed by atoms with Crippen LogP contribution in [0.1, 0.15) is 43.7 Å². The molecule has 0 bridgehead atoms. The highest BCUT2D eigenvalue weighted by molar-refractivity contribution is 7.89. The molecule has 2 N–H and O–H groups in total. The number of halogens is 1. The molecule has 1 aliphatic rings. The van der Waals surface area contributed by atoms with Gasteiger partial charge in [-0.2, -0.15) is 4.31 Å². The molecule has 1 unspecified atom stereocenters. The molecule has 1 aromatic heterocycles. The van der Waals surface area contributed by atoms with Gasteiger partial charge in [-0.15, -0.1) is 0 Å². The maximum absolute atomic E-state index is 13.3. The number of furan rings is 1. The highest BCUT2D eigenvalue weighted by atomic mass is 35.5. The van der Waals surface area contributed by atoms with Crippen LogP contribution in [0, 0.1) is 5.92 Å². The zero-order chi connectivity index (χ0) is 29.0. The number of ketones is 1. The van der Waals surface area contributed by atoms with Crippen molar-refractivity contribution in [3.8, 4) is 5.75 Å². The number of sulfonamides is 1. The minimum atomic E-state index is -3.95. The number of carbonyl (C=O) groups is 3. The number of rotatable bonds is 9. The van der Waals surface area contributed by atoms with E-state index in [4.69, 9.17) is 20.8 Å². The summed E-state index contributed by atoms with van der Waals surface area (Å²) in [5, 5.41) is 6.42. The van der Waals surface area contributed by atoms with Gasteiger partial charge in [0.1, 0.15) is 17.4 Å². The first-order valence-electron chi connectivity index (χ1n) is 12.9. The normalized spacial score (nSPS) is 17.4. The van der Waals surface area contributed by atoms with Crippen LogP contribution in [0.15, 0.2) is 57.8 Å². The summed E-state index contributed by atoms with van der Waals surface area (Å²) in [4.78, 5) is 39.4. The Hall–Kier alpha value is -3.41. The van der Waals surface area contributed by atoms with Gasteiger partial charge in [0.15, 0.2) is 11.5 Å². The fraction of sp³-hybridized carbons (Fsp3) is 0.393. The van der Waals surface area contributed by atoms with E-state index in [1.165, 1.54) is 18.2 Å². The standard InChI is InChI=1S/C28H32ClN3O7S/c1-17(2)12-23(31-28(35)26-14-18-13-20(38-3)9-10-25(18)39-26)27(34)30-22-8-5-11-32(16-24(22)33)40(36,37)21-7-4-6-19(29)15-21/h4,6-7,9-10,13-15,17,22-23H,5,8,11-12,16H2,1-3H3,(H,30,34)(H,31,35)/t22-,23?/m0/s1. The van der Waals surface area contributed by atoms with Crippen molar-refractivity contribution in [3.05, 3.63) is 59.3 Å². The van der Waals surface area contributed by atoms with E-state index in [-0.39, 0.29) is 41.1 Å². The van der Waals surface area contributed by atoms with Gasteiger partial charge in [0.2, 0.25) is 15.9 Å².